The average molecular weight is 1250 g/mol. The number of carboxylic acid groups (broad SMARTS) is 1. The highest BCUT2D eigenvalue weighted by Gasteiger charge is 2.22. The first kappa shape index (κ1) is 86.2. The van der Waals surface area contributed by atoms with Gasteiger partial charge in [0.15, 0.2) is 12.4 Å². The van der Waals surface area contributed by atoms with Crippen LogP contribution in [0.2, 0.25) is 0 Å². The van der Waals surface area contributed by atoms with Gasteiger partial charge in [-0.2, -0.15) is 0 Å². The van der Waals surface area contributed by atoms with E-state index in [1.165, 1.54) is 295 Å². The lowest BCUT2D eigenvalue weighted by Crippen LogP contribution is -2.44. The van der Waals surface area contributed by atoms with Gasteiger partial charge in [-0.3, -0.25) is 9.59 Å². The number of nitrogens with zero attached hydrogens (tertiary/aromatic N) is 1. The number of carbonyl (C=O) groups is 3. The highest BCUT2D eigenvalue weighted by molar-refractivity contribution is 5.70. The van der Waals surface area contributed by atoms with E-state index in [9.17, 15) is 19.5 Å². The van der Waals surface area contributed by atoms with Crippen LogP contribution in [0.25, 0.3) is 0 Å². The van der Waals surface area contributed by atoms with Crippen molar-refractivity contribution in [1.29, 1.82) is 0 Å². The number of hydrogen-bond donors (Lipinski definition) is 0. The molecule has 0 aliphatic rings. The fourth-order valence-corrected chi connectivity index (χ4v) is 11.7. The Morgan fingerprint density at radius 3 is 0.955 bits per heavy atom. The first-order valence-electron chi connectivity index (χ1n) is 38.8. The van der Waals surface area contributed by atoms with E-state index >= 15 is 0 Å². The van der Waals surface area contributed by atoms with Gasteiger partial charge >= 0.3 is 11.9 Å². The minimum absolute atomic E-state index is 0.152. The molecule has 2 atom stereocenters. The van der Waals surface area contributed by atoms with Gasteiger partial charge in [-0.1, -0.05) is 371 Å². The Labute approximate surface area is 553 Å². The van der Waals surface area contributed by atoms with Crippen molar-refractivity contribution < 1.29 is 42.9 Å². The van der Waals surface area contributed by atoms with Crippen molar-refractivity contribution in [2.24, 2.45) is 0 Å². The van der Waals surface area contributed by atoms with Gasteiger partial charge in [-0.15, -0.1) is 0 Å². The third kappa shape index (κ3) is 72.5. The maximum atomic E-state index is 13.0. The summed E-state index contributed by atoms with van der Waals surface area (Å²) < 4.78 is 22.9. The first-order chi connectivity index (χ1) is 43.6. The Balaban J connectivity index is 3.93. The van der Waals surface area contributed by atoms with Crippen molar-refractivity contribution in [3.8, 4) is 0 Å². The van der Waals surface area contributed by atoms with Crippen molar-refractivity contribution in [3.05, 3.63) is 48.6 Å². The molecule has 2 unspecified atom stereocenters. The molecule has 0 fully saturated rings. The molecule has 9 nitrogen and oxygen atoms in total. The number of rotatable bonds is 73. The predicted molar refractivity (Wildman–Crippen MR) is 380 cm³/mol. The largest absolute Gasteiger partial charge is 0.545 e. The van der Waals surface area contributed by atoms with Crippen molar-refractivity contribution in [2.75, 3.05) is 47.5 Å². The minimum Gasteiger partial charge on any atom is -0.545 e. The maximum Gasteiger partial charge on any atom is 0.306 e. The zero-order valence-electron chi connectivity index (χ0n) is 59.8. The third-order valence-electron chi connectivity index (χ3n) is 17.6. The number of allylic oxidation sites excluding steroid dienone is 8. The van der Waals surface area contributed by atoms with Gasteiger partial charge in [-0.05, 0) is 51.4 Å². The van der Waals surface area contributed by atoms with Crippen molar-refractivity contribution in [2.45, 2.75) is 399 Å². The molecule has 0 aromatic carbocycles. The molecule has 0 spiro atoms. The standard InChI is InChI=1S/C80H149NO8/c1-6-8-10-12-14-16-18-20-22-24-26-28-30-31-32-33-34-35-36-37-38-39-40-41-42-43-44-45-46-47-49-51-53-55-57-59-61-63-65-67-69-71-78(83)89-76(75-88-80(79(84)85)86-73-72-81(3,4)5)74-87-77(82)70-68-66-64-62-60-58-56-54-52-50-48-29-27-25-23-21-19-17-15-13-11-9-7-2/h8,10,14,16,20,22,26,28,76,80H,6-7,9,11-13,15,17-19,21,23-25,27,29-75H2,1-5H3/b10-8-,16-14-,22-20-,28-26-. The van der Waals surface area contributed by atoms with Crippen LogP contribution >= 0.6 is 0 Å². The van der Waals surface area contributed by atoms with E-state index in [-0.39, 0.29) is 32.2 Å². The van der Waals surface area contributed by atoms with Gasteiger partial charge in [0.2, 0.25) is 0 Å². The predicted octanol–water partition coefficient (Wildman–Crippen LogP) is 23.1. The average Bonchev–Trinajstić information content (AvgIpc) is 3.64. The molecule has 89 heavy (non-hydrogen) atoms. The molecule has 522 valence electrons. The van der Waals surface area contributed by atoms with Gasteiger partial charge in [0, 0.05) is 12.8 Å². The lowest BCUT2D eigenvalue weighted by atomic mass is 10.0. The zero-order chi connectivity index (χ0) is 64.7. The Hall–Kier alpha value is -2.75. The third-order valence-corrected chi connectivity index (χ3v) is 17.6. The number of hydrogen-bond acceptors (Lipinski definition) is 8. The number of quaternary nitrogens is 1. The van der Waals surface area contributed by atoms with Gasteiger partial charge in [0.1, 0.15) is 13.2 Å². The van der Waals surface area contributed by atoms with Gasteiger partial charge in [0.25, 0.3) is 0 Å². The number of esters is 2. The van der Waals surface area contributed by atoms with E-state index in [2.05, 4.69) is 62.5 Å². The van der Waals surface area contributed by atoms with Crippen LogP contribution in [0.1, 0.15) is 386 Å². The summed E-state index contributed by atoms with van der Waals surface area (Å²) in [4.78, 5) is 37.5. The molecular weight excluding hydrogens is 1100 g/mol. The van der Waals surface area contributed by atoms with Crippen LogP contribution in [0.4, 0.5) is 0 Å². The second kappa shape index (κ2) is 71.1. The number of unbranched alkanes of at least 4 members (excludes halogenated alkanes) is 50. The van der Waals surface area contributed by atoms with Crippen LogP contribution in [0.5, 0.6) is 0 Å². The molecule has 0 rings (SSSR count). The van der Waals surface area contributed by atoms with Gasteiger partial charge in [-0.25, -0.2) is 0 Å². The number of aliphatic carboxylic acids is 1. The Kier molecular flexibility index (Phi) is 68.9. The highest BCUT2D eigenvalue weighted by Crippen LogP contribution is 2.20. The molecule has 9 heteroatoms. The molecule has 0 aromatic rings. The lowest BCUT2D eigenvalue weighted by Gasteiger charge is -2.26. The van der Waals surface area contributed by atoms with Crippen LogP contribution in [0, 0.1) is 0 Å². The summed E-state index contributed by atoms with van der Waals surface area (Å²) in [5.41, 5.74) is 0. The molecule has 0 saturated heterocycles. The normalized spacial score (nSPS) is 12.9. The summed E-state index contributed by atoms with van der Waals surface area (Å²) in [6.45, 7) is 4.71. The van der Waals surface area contributed by atoms with Crippen molar-refractivity contribution >= 4 is 17.9 Å². The number of likely N-dealkylation sites (N-methyl/N-ethyl adjacent to an activating group) is 1. The molecule has 0 heterocycles. The molecule has 0 aliphatic heterocycles. The maximum absolute atomic E-state index is 13.0. The summed E-state index contributed by atoms with van der Waals surface area (Å²) in [7, 11) is 5.95. The number of carbonyl (C=O) groups excluding carboxylic acids is 3. The zero-order valence-corrected chi connectivity index (χ0v) is 59.8. The summed E-state index contributed by atoms with van der Waals surface area (Å²) in [6.07, 6.45) is 89.5. The number of ether oxygens (including phenoxy) is 4. The topological polar surface area (TPSA) is 111 Å². The lowest BCUT2D eigenvalue weighted by molar-refractivity contribution is -0.870. The molecule has 0 aliphatic carbocycles. The second-order valence-corrected chi connectivity index (χ2v) is 27.6. The quantitative estimate of drug-likeness (QED) is 0.0195. The molecular formula is C80H149NO8. The molecule has 0 saturated carbocycles. The van der Waals surface area contributed by atoms with E-state index in [1.807, 2.05) is 21.1 Å². The van der Waals surface area contributed by atoms with Crippen LogP contribution < -0.4 is 5.11 Å². The van der Waals surface area contributed by atoms with Crippen molar-refractivity contribution in [1.82, 2.24) is 0 Å². The SMILES string of the molecule is CC/C=C\C/C=C\C/C=C\C/C=C\CCCCCCCCCCCCCCCCCCCCCCCCCCCCCCC(=O)OC(COC(=O)CCCCCCCCCCCCCCCCCCCCCCCCC)COC(OCC[N+](C)(C)C)C(=O)[O-]. The van der Waals surface area contributed by atoms with E-state index in [4.69, 9.17) is 18.9 Å². The van der Waals surface area contributed by atoms with E-state index in [1.54, 1.807) is 0 Å². The van der Waals surface area contributed by atoms with E-state index in [0.29, 0.717) is 17.4 Å². The summed E-state index contributed by atoms with van der Waals surface area (Å²) in [5, 5.41) is 11.8. The summed E-state index contributed by atoms with van der Waals surface area (Å²) in [5.74, 6) is -2.25. The number of carboxylic acids is 1. The summed E-state index contributed by atoms with van der Waals surface area (Å²) >= 11 is 0. The van der Waals surface area contributed by atoms with Crippen LogP contribution in [0.3, 0.4) is 0 Å². The van der Waals surface area contributed by atoms with E-state index in [0.717, 1.165) is 64.2 Å². The highest BCUT2D eigenvalue weighted by atomic mass is 16.7. The van der Waals surface area contributed by atoms with Crippen LogP contribution in [-0.4, -0.2) is 82.3 Å². The molecule has 0 radical (unpaired) electrons. The van der Waals surface area contributed by atoms with E-state index < -0.39 is 24.3 Å². The van der Waals surface area contributed by atoms with Crippen molar-refractivity contribution in [3.63, 3.8) is 0 Å². The molecule has 0 aromatic heterocycles. The Bertz CT molecular complexity index is 1600. The van der Waals surface area contributed by atoms with Crippen LogP contribution in [-0.2, 0) is 33.3 Å². The Morgan fingerprint density at radius 1 is 0.348 bits per heavy atom. The molecule has 0 amide bonds. The van der Waals surface area contributed by atoms with Gasteiger partial charge in [0.05, 0.1) is 40.3 Å². The summed E-state index contributed by atoms with van der Waals surface area (Å²) in [6, 6.07) is 0. The smallest absolute Gasteiger partial charge is 0.306 e. The van der Waals surface area contributed by atoms with Gasteiger partial charge < -0.3 is 33.3 Å². The molecule has 0 bridgehead atoms. The fraction of sp³-hybridized carbons (Fsp3) is 0.863. The second-order valence-electron chi connectivity index (χ2n) is 27.6. The molecule has 0 N–H and O–H groups in total. The Morgan fingerprint density at radius 2 is 0.640 bits per heavy atom. The van der Waals surface area contributed by atoms with Crippen LogP contribution in [0.15, 0.2) is 48.6 Å². The first-order valence-corrected chi connectivity index (χ1v) is 38.8. The monoisotopic (exact) mass is 1250 g/mol. The fourth-order valence-electron chi connectivity index (χ4n) is 11.7. The minimum atomic E-state index is -1.62.